The summed E-state index contributed by atoms with van der Waals surface area (Å²) >= 11 is 1.62. The summed E-state index contributed by atoms with van der Waals surface area (Å²) in [6.07, 6.45) is 1.15. The van der Waals surface area contributed by atoms with E-state index in [2.05, 4.69) is 31.0 Å². The van der Waals surface area contributed by atoms with Crippen LogP contribution in [0, 0.1) is 5.41 Å². The molecule has 2 aliphatic rings. The molecule has 2 aromatic heterocycles. The van der Waals surface area contributed by atoms with Crippen LogP contribution in [0.25, 0.3) is 0 Å². The maximum absolute atomic E-state index is 10.6. The van der Waals surface area contributed by atoms with Gasteiger partial charge in [0.1, 0.15) is 5.51 Å². The molecule has 4 heterocycles. The molecule has 2 aliphatic heterocycles. The highest BCUT2D eigenvalue weighted by Crippen LogP contribution is 2.35. The Morgan fingerprint density at radius 1 is 1.32 bits per heavy atom. The molecule has 0 bridgehead atoms. The topological polar surface area (TPSA) is 91.7 Å². The maximum atomic E-state index is 10.6. The third kappa shape index (κ3) is 6.84. The summed E-state index contributed by atoms with van der Waals surface area (Å²) in [7, 11) is 0. The Morgan fingerprint density at radius 3 is 2.77 bits per heavy atom. The van der Waals surface area contributed by atoms with E-state index in [1.165, 1.54) is 18.4 Å². The van der Waals surface area contributed by atoms with Crippen molar-refractivity contribution in [3.05, 3.63) is 35.6 Å². The van der Waals surface area contributed by atoms with Crippen LogP contribution >= 0.6 is 11.3 Å². The number of rotatable bonds is 3. The second kappa shape index (κ2) is 10.3. The molecule has 8 nitrogen and oxygen atoms in total. The van der Waals surface area contributed by atoms with Crippen LogP contribution < -0.4 is 4.90 Å². The molecule has 0 amide bonds. The number of pyridine rings is 1. The summed E-state index contributed by atoms with van der Waals surface area (Å²) in [4.78, 5) is 18.0. The van der Waals surface area contributed by atoms with Gasteiger partial charge >= 0.3 is 12.1 Å². The Bertz CT molecular complexity index is 825. The fourth-order valence-electron chi connectivity index (χ4n) is 3.90. The van der Waals surface area contributed by atoms with Gasteiger partial charge in [0, 0.05) is 44.0 Å². The summed E-state index contributed by atoms with van der Waals surface area (Å²) < 4.78 is 37.7. The molecule has 4 rings (SSSR count). The second-order valence-corrected chi connectivity index (χ2v) is 8.49. The van der Waals surface area contributed by atoms with Gasteiger partial charge in [-0.25, -0.2) is 4.79 Å². The maximum Gasteiger partial charge on any atom is 0.490 e. The van der Waals surface area contributed by atoms with Gasteiger partial charge in [0.25, 0.3) is 0 Å². The van der Waals surface area contributed by atoms with Crippen molar-refractivity contribution in [3.63, 3.8) is 0 Å². The SMILES string of the molecule is O=C(O)C(F)(F)F.c1cncc(CN2CCCC3(COCCN(c4nncs4)C3)C2)c1. The third-order valence-electron chi connectivity index (χ3n) is 5.17. The van der Waals surface area contributed by atoms with Gasteiger partial charge in [-0.2, -0.15) is 13.2 Å². The van der Waals surface area contributed by atoms with Crippen LogP contribution in [0.5, 0.6) is 0 Å². The smallest absolute Gasteiger partial charge is 0.475 e. The van der Waals surface area contributed by atoms with Gasteiger partial charge in [-0.3, -0.25) is 9.88 Å². The second-order valence-electron chi connectivity index (χ2n) is 7.67. The van der Waals surface area contributed by atoms with Crippen molar-refractivity contribution in [1.29, 1.82) is 0 Å². The molecular formula is C19H24F3N5O3S. The predicted octanol–water partition coefficient (Wildman–Crippen LogP) is 2.69. The van der Waals surface area contributed by atoms with Crippen molar-refractivity contribution in [1.82, 2.24) is 20.1 Å². The minimum absolute atomic E-state index is 0.183. The fourth-order valence-corrected chi connectivity index (χ4v) is 4.49. The molecule has 2 fully saturated rings. The van der Waals surface area contributed by atoms with Crippen LogP contribution in [0.4, 0.5) is 18.3 Å². The van der Waals surface area contributed by atoms with E-state index in [1.807, 2.05) is 24.0 Å². The first kappa shape index (κ1) is 23.4. The molecule has 0 saturated carbocycles. The van der Waals surface area contributed by atoms with Gasteiger partial charge in [0.15, 0.2) is 0 Å². The van der Waals surface area contributed by atoms with Gasteiger partial charge in [0.05, 0.1) is 13.2 Å². The summed E-state index contributed by atoms with van der Waals surface area (Å²) in [5.74, 6) is -2.76. The van der Waals surface area contributed by atoms with E-state index in [-0.39, 0.29) is 5.41 Å². The quantitative estimate of drug-likeness (QED) is 0.749. The molecule has 1 N–H and O–H groups in total. The zero-order valence-electron chi connectivity index (χ0n) is 16.8. The van der Waals surface area contributed by atoms with Crippen LogP contribution in [0.1, 0.15) is 18.4 Å². The number of anilines is 1. The van der Waals surface area contributed by atoms with Gasteiger partial charge in [0.2, 0.25) is 5.13 Å². The average molecular weight is 459 g/mol. The molecule has 2 saturated heterocycles. The van der Waals surface area contributed by atoms with E-state index in [0.717, 1.165) is 51.1 Å². The van der Waals surface area contributed by atoms with Gasteiger partial charge in [-0.1, -0.05) is 17.4 Å². The Balaban J connectivity index is 0.000000339. The molecule has 0 aromatic carbocycles. The highest BCUT2D eigenvalue weighted by molar-refractivity contribution is 7.13. The number of ether oxygens (including phenoxy) is 1. The summed E-state index contributed by atoms with van der Waals surface area (Å²) in [6.45, 7) is 6.70. The highest BCUT2D eigenvalue weighted by atomic mass is 32.1. The fraction of sp³-hybridized carbons (Fsp3) is 0.579. The van der Waals surface area contributed by atoms with Crippen LogP contribution in [0.15, 0.2) is 30.0 Å². The van der Waals surface area contributed by atoms with E-state index in [1.54, 1.807) is 11.3 Å². The van der Waals surface area contributed by atoms with Crippen molar-refractivity contribution < 1.29 is 27.8 Å². The van der Waals surface area contributed by atoms with Crippen LogP contribution in [-0.4, -0.2) is 76.7 Å². The molecule has 12 heteroatoms. The zero-order valence-corrected chi connectivity index (χ0v) is 17.6. The Morgan fingerprint density at radius 2 is 2.13 bits per heavy atom. The molecule has 1 spiro atoms. The summed E-state index contributed by atoms with van der Waals surface area (Å²) in [5.41, 5.74) is 3.27. The molecular weight excluding hydrogens is 435 g/mol. The zero-order chi connectivity index (χ0) is 22.3. The molecule has 1 unspecified atom stereocenters. The van der Waals surface area contributed by atoms with Crippen molar-refractivity contribution in [2.24, 2.45) is 5.41 Å². The Kier molecular flexibility index (Phi) is 7.79. The number of aliphatic carboxylic acids is 1. The first-order valence-corrected chi connectivity index (χ1v) is 10.7. The first-order chi connectivity index (χ1) is 14.8. The minimum Gasteiger partial charge on any atom is -0.475 e. The Hall–Kier alpha value is -2.31. The lowest BCUT2D eigenvalue weighted by Crippen LogP contribution is -2.50. The lowest BCUT2D eigenvalue weighted by molar-refractivity contribution is -0.192. The molecule has 1 atom stereocenters. The standard InChI is InChI=1S/C17H23N5OS.C2HF3O2/c1-3-15(9-18-5-1)10-21-6-2-4-17(11-21)12-22(7-8-23-13-17)16-20-19-14-24-16;3-2(4,5)1(6)7/h1,3,5,9,14H,2,4,6-8,10-13H2;(H,6,7). The number of nitrogens with zero attached hydrogens (tertiary/aromatic N) is 5. The van der Waals surface area contributed by atoms with Crippen molar-refractivity contribution in [2.45, 2.75) is 25.6 Å². The van der Waals surface area contributed by atoms with E-state index >= 15 is 0 Å². The molecule has 170 valence electrons. The number of hydrogen-bond donors (Lipinski definition) is 1. The molecule has 2 aromatic rings. The minimum atomic E-state index is -5.08. The number of carbonyl (C=O) groups is 1. The number of alkyl halides is 3. The van der Waals surface area contributed by atoms with Gasteiger partial charge < -0.3 is 14.7 Å². The van der Waals surface area contributed by atoms with E-state index in [9.17, 15) is 13.2 Å². The van der Waals surface area contributed by atoms with Crippen LogP contribution in [0.2, 0.25) is 0 Å². The van der Waals surface area contributed by atoms with Crippen molar-refractivity contribution in [2.75, 3.05) is 44.3 Å². The average Bonchev–Trinajstić information content (AvgIpc) is 3.19. The number of likely N-dealkylation sites (tertiary alicyclic amines) is 1. The number of hydrogen-bond acceptors (Lipinski definition) is 8. The lowest BCUT2D eigenvalue weighted by Gasteiger charge is -2.43. The highest BCUT2D eigenvalue weighted by Gasteiger charge is 2.39. The van der Waals surface area contributed by atoms with E-state index in [4.69, 9.17) is 14.6 Å². The van der Waals surface area contributed by atoms with Crippen LogP contribution in [-0.2, 0) is 16.1 Å². The summed E-state index contributed by atoms with van der Waals surface area (Å²) in [6, 6.07) is 4.17. The van der Waals surface area contributed by atoms with Crippen LogP contribution in [0.3, 0.4) is 0 Å². The van der Waals surface area contributed by atoms with Gasteiger partial charge in [-0.05, 0) is 31.0 Å². The van der Waals surface area contributed by atoms with E-state index < -0.39 is 12.1 Å². The summed E-state index contributed by atoms with van der Waals surface area (Å²) in [5, 5.41) is 16.4. The normalized spacial score (nSPS) is 22.5. The monoisotopic (exact) mass is 459 g/mol. The number of halogens is 3. The van der Waals surface area contributed by atoms with Crippen molar-refractivity contribution in [3.8, 4) is 0 Å². The van der Waals surface area contributed by atoms with E-state index in [0.29, 0.717) is 0 Å². The number of aromatic nitrogens is 3. The van der Waals surface area contributed by atoms with Gasteiger partial charge in [-0.15, -0.1) is 10.2 Å². The molecule has 0 aliphatic carbocycles. The number of carboxylic acids is 1. The largest absolute Gasteiger partial charge is 0.490 e. The number of carboxylic acid groups (broad SMARTS) is 1. The third-order valence-corrected chi connectivity index (χ3v) is 5.92. The van der Waals surface area contributed by atoms with Crippen molar-refractivity contribution >= 4 is 22.4 Å². The number of piperidine rings is 1. The first-order valence-electron chi connectivity index (χ1n) is 9.78. The molecule has 31 heavy (non-hydrogen) atoms. The molecule has 0 radical (unpaired) electrons. The Labute approximate surface area is 181 Å². The lowest BCUT2D eigenvalue weighted by atomic mass is 9.80. The predicted molar refractivity (Wildman–Crippen MR) is 108 cm³/mol.